The molecule has 26 heavy (non-hydrogen) atoms. The van der Waals surface area contributed by atoms with Gasteiger partial charge in [0.25, 0.3) is 0 Å². The molecule has 150 valence electrons. The average molecular weight is 399 g/mol. The van der Waals surface area contributed by atoms with Crippen LogP contribution >= 0.6 is 0 Å². The van der Waals surface area contributed by atoms with E-state index in [0.717, 1.165) is 25.7 Å². The monoisotopic (exact) mass is 398 g/mol. The maximum Gasteiger partial charge on any atom is 1.00 e. The Hall–Kier alpha value is 0.610. The molecule has 0 saturated carbocycles. The summed E-state index contributed by atoms with van der Waals surface area (Å²) in [4.78, 5) is 0. The molecule has 4 nitrogen and oxygen atoms in total. The zero-order chi connectivity index (χ0) is 18.8. The normalized spacial score (nSPS) is 13.0. The third-order valence-corrected chi connectivity index (χ3v) is 4.91. The molecule has 6 heteroatoms. The predicted molar refractivity (Wildman–Crippen MR) is 104 cm³/mol. The zero-order valence-electron chi connectivity index (χ0n) is 17.4. The molecule has 0 N–H and O–H groups in total. The van der Waals surface area contributed by atoms with Gasteiger partial charge in [0.05, 0.1) is 6.61 Å². The molecule has 0 aliphatic rings. The van der Waals surface area contributed by atoms with Gasteiger partial charge in [-0.1, -0.05) is 96.6 Å². The van der Waals surface area contributed by atoms with Crippen molar-refractivity contribution in [3.63, 3.8) is 0 Å². The van der Waals surface area contributed by atoms with Crippen molar-refractivity contribution < 1.29 is 46.7 Å². The molecule has 0 fully saturated rings. The van der Waals surface area contributed by atoms with Gasteiger partial charge in [0.2, 0.25) is 10.4 Å². The van der Waals surface area contributed by atoms with Crippen LogP contribution in [-0.4, -0.2) is 19.6 Å². The Morgan fingerprint density at radius 2 is 1.35 bits per heavy atom. The first-order valence-electron chi connectivity index (χ1n) is 10.3. The van der Waals surface area contributed by atoms with Crippen LogP contribution in [0.3, 0.4) is 0 Å². The molecule has 0 spiro atoms. The van der Waals surface area contributed by atoms with Crippen LogP contribution in [-0.2, 0) is 14.6 Å². The van der Waals surface area contributed by atoms with Crippen LogP contribution in [0.25, 0.3) is 0 Å². The van der Waals surface area contributed by atoms with E-state index in [1.54, 1.807) is 0 Å². The third-order valence-electron chi connectivity index (χ3n) is 4.49. The fourth-order valence-corrected chi connectivity index (χ4v) is 3.27. The first-order valence-corrected chi connectivity index (χ1v) is 11.6. The van der Waals surface area contributed by atoms with Gasteiger partial charge in [-0.05, 0) is 19.3 Å². The van der Waals surface area contributed by atoms with Crippen LogP contribution in [0.4, 0.5) is 0 Å². The molecule has 0 aromatic rings. The number of allylic oxidation sites excluding steroid dienone is 1. The predicted octanol–water partition coefficient (Wildman–Crippen LogP) is 3.14. The quantitative estimate of drug-likeness (QED) is 0.117. The van der Waals surface area contributed by atoms with Crippen LogP contribution in [0.15, 0.2) is 12.2 Å². The molecule has 0 aromatic carbocycles. The van der Waals surface area contributed by atoms with Crippen LogP contribution in [0.5, 0.6) is 0 Å². The van der Waals surface area contributed by atoms with Gasteiger partial charge in [-0.15, -0.1) is 0 Å². The summed E-state index contributed by atoms with van der Waals surface area (Å²) in [6.45, 7) is 4.40. The third kappa shape index (κ3) is 22.7. The van der Waals surface area contributed by atoms with Crippen LogP contribution in [0.2, 0.25) is 0 Å². The van der Waals surface area contributed by atoms with Gasteiger partial charge < -0.3 is 4.55 Å². The molecule has 0 amide bonds. The Bertz CT molecular complexity index is 410. The van der Waals surface area contributed by atoms with Gasteiger partial charge in [0.15, 0.2) is 0 Å². The Labute approximate surface area is 184 Å². The number of unbranched alkanes of at least 4 members (excludes halogenated alkanes) is 11. The van der Waals surface area contributed by atoms with Crippen molar-refractivity contribution in [2.24, 2.45) is 5.92 Å². The van der Waals surface area contributed by atoms with E-state index >= 15 is 0 Å². The summed E-state index contributed by atoms with van der Waals surface area (Å²) >= 11 is 0. The summed E-state index contributed by atoms with van der Waals surface area (Å²) in [5.74, 6) is 0.0232. The topological polar surface area (TPSA) is 66.4 Å². The Morgan fingerprint density at radius 1 is 0.846 bits per heavy atom. The van der Waals surface area contributed by atoms with Gasteiger partial charge in [-0.2, -0.15) is 0 Å². The van der Waals surface area contributed by atoms with E-state index in [4.69, 9.17) is 0 Å². The second-order valence-electron chi connectivity index (χ2n) is 6.99. The second-order valence-corrected chi connectivity index (χ2v) is 8.05. The van der Waals surface area contributed by atoms with E-state index in [1.165, 1.54) is 64.2 Å². The van der Waals surface area contributed by atoms with Crippen LogP contribution in [0.1, 0.15) is 104 Å². The largest absolute Gasteiger partial charge is 1.00 e. The van der Waals surface area contributed by atoms with Crippen molar-refractivity contribution in [1.29, 1.82) is 0 Å². The second kappa shape index (κ2) is 20.3. The van der Waals surface area contributed by atoms with E-state index in [2.05, 4.69) is 24.1 Å². The first-order chi connectivity index (χ1) is 12.0. The van der Waals surface area contributed by atoms with E-state index in [9.17, 15) is 13.0 Å². The Balaban J connectivity index is 0. The molecule has 0 bridgehead atoms. The van der Waals surface area contributed by atoms with Crippen molar-refractivity contribution in [1.82, 2.24) is 0 Å². The van der Waals surface area contributed by atoms with E-state index in [-0.39, 0.29) is 42.1 Å². The minimum absolute atomic E-state index is 0. The summed E-state index contributed by atoms with van der Waals surface area (Å²) in [7, 11) is -4.59. The standard InChI is InChI=1S/C20H40O4S.Na/c1-3-5-7-9-11-13-15-17-20(19-24-25(21,22)23)18-16-14-12-10-8-6-4-2;/h15,17,20H,3-14,16,18-19H2,1-2H3,(H,21,22,23);/q;+1/p-1/b17-15+;. The molecule has 0 radical (unpaired) electrons. The molecular formula is C20H39NaO4S. The van der Waals surface area contributed by atoms with E-state index in [1.807, 2.05) is 6.08 Å². The molecule has 1 unspecified atom stereocenters. The van der Waals surface area contributed by atoms with E-state index in [0.29, 0.717) is 0 Å². The number of rotatable bonds is 18. The Morgan fingerprint density at radius 3 is 1.88 bits per heavy atom. The van der Waals surface area contributed by atoms with Crippen molar-refractivity contribution >= 4 is 10.4 Å². The van der Waals surface area contributed by atoms with Gasteiger partial charge in [-0.25, -0.2) is 8.42 Å². The van der Waals surface area contributed by atoms with Gasteiger partial charge in [0, 0.05) is 5.92 Å². The van der Waals surface area contributed by atoms with Crippen molar-refractivity contribution in [2.45, 2.75) is 104 Å². The maximum absolute atomic E-state index is 10.7. The van der Waals surface area contributed by atoms with Crippen molar-refractivity contribution in [3.8, 4) is 0 Å². The van der Waals surface area contributed by atoms with E-state index < -0.39 is 10.4 Å². The van der Waals surface area contributed by atoms with Gasteiger partial charge >= 0.3 is 29.6 Å². The minimum Gasteiger partial charge on any atom is -0.726 e. The van der Waals surface area contributed by atoms with Gasteiger partial charge in [0.1, 0.15) is 0 Å². The maximum atomic E-state index is 10.7. The molecule has 0 aliphatic heterocycles. The molecule has 0 aliphatic carbocycles. The van der Waals surface area contributed by atoms with Crippen molar-refractivity contribution in [3.05, 3.63) is 12.2 Å². The molecule has 0 aromatic heterocycles. The smallest absolute Gasteiger partial charge is 0.726 e. The Kier molecular flexibility index (Phi) is 22.6. The summed E-state index contributed by atoms with van der Waals surface area (Å²) in [5.41, 5.74) is 0. The molecular weight excluding hydrogens is 359 g/mol. The molecule has 0 saturated heterocycles. The summed E-state index contributed by atoms with van der Waals surface area (Å²) in [6, 6.07) is 0. The molecule has 0 rings (SSSR count). The number of hydrogen-bond acceptors (Lipinski definition) is 4. The summed E-state index contributed by atoms with van der Waals surface area (Å²) < 4.78 is 36.5. The van der Waals surface area contributed by atoms with Gasteiger partial charge in [-0.3, -0.25) is 4.18 Å². The van der Waals surface area contributed by atoms with Crippen LogP contribution < -0.4 is 29.6 Å². The van der Waals surface area contributed by atoms with Crippen LogP contribution in [0, 0.1) is 5.92 Å². The fraction of sp³-hybridized carbons (Fsp3) is 0.900. The summed E-state index contributed by atoms with van der Waals surface area (Å²) in [6.07, 6.45) is 20.9. The minimum atomic E-state index is -4.59. The molecule has 1 atom stereocenters. The fourth-order valence-electron chi connectivity index (χ4n) is 2.92. The summed E-state index contributed by atoms with van der Waals surface area (Å²) in [5, 5.41) is 0. The zero-order valence-corrected chi connectivity index (χ0v) is 20.2. The SMILES string of the molecule is CCCCCCC/C=C/C(CCCCCCCCC)COS(=O)(=O)[O-].[Na+]. The molecule has 0 heterocycles. The van der Waals surface area contributed by atoms with Crippen molar-refractivity contribution in [2.75, 3.05) is 6.61 Å². The first kappa shape index (κ1) is 28.8. The number of hydrogen-bond donors (Lipinski definition) is 0. The average Bonchev–Trinajstić information content (AvgIpc) is 2.56.